The maximum Gasteiger partial charge on any atom is 0.251 e. The Morgan fingerprint density at radius 3 is 2.57 bits per heavy atom. The number of hydrogen-bond donors (Lipinski definition) is 2. The van der Waals surface area contributed by atoms with Gasteiger partial charge in [0.1, 0.15) is 0 Å². The van der Waals surface area contributed by atoms with Crippen molar-refractivity contribution in [2.75, 3.05) is 18.1 Å². The molecule has 9 heteroatoms. The van der Waals surface area contributed by atoms with Crippen molar-refractivity contribution in [2.24, 2.45) is 5.14 Å². The fourth-order valence-corrected chi connectivity index (χ4v) is 3.04. The first-order chi connectivity index (χ1) is 9.66. The predicted molar refractivity (Wildman–Crippen MR) is 83.4 cm³/mol. The Kier molecular flexibility index (Phi) is 6.33. The normalized spacial score (nSPS) is 13.0. The molecular weight excluding hydrogens is 336 g/mol. The molecule has 118 valence electrons. The van der Waals surface area contributed by atoms with Crippen molar-refractivity contribution in [1.82, 2.24) is 5.32 Å². The number of carbonyl (C=O) groups is 1. The van der Waals surface area contributed by atoms with Crippen LogP contribution >= 0.6 is 11.6 Å². The van der Waals surface area contributed by atoms with E-state index in [4.69, 9.17) is 16.7 Å². The first-order valence-electron chi connectivity index (χ1n) is 6.13. The molecule has 1 atom stereocenters. The lowest BCUT2D eigenvalue weighted by atomic mass is 10.1. The van der Waals surface area contributed by atoms with Crippen LogP contribution in [-0.2, 0) is 20.8 Å². The summed E-state index contributed by atoms with van der Waals surface area (Å²) in [7, 11) is -4.93. The number of nitrogens with two attached hydrogens (primary N) is 1. The van der Waals surface area contributed by atoms with Gasteiger partial charge in [0.15, 0.2) is 0 Å². The van der Waals surface area contributed by atoms with E-state index in [2.05, 4.69) is 5.32 Å². The van der Waals surface area contributed by atoms with Crippen LogP contribution in [0.25, 0.3) is 0 Å². The van der Waals surface area contributed by atoms with Gasteiger partial charge >= 0.3 is 0 Å². The van der Waals surface area contributed by atoms with Gasteiger partial charge in [0.25, 0.3) is 5.91 Å². The highest BCUT2D eigenvalue weighted by Gasteiger charge is 2.17. The summed E-state index contributed by atoms with van der Waals surface area (Å²) in [5, 5.41) is 7.77. The standard InChI is InChI=1S/C12H17ClN2O4S2/c1-3-20(17)5-4-15-12(16)10-6-9(21(14,18)19)7-11(13)8(10)2/h6-7H,3-5H2,1-2H3,(H,15,16)(H2,14,18,19). The Morgan fingerprint density at radius 2 is 2.05 bits per heavy atom. The van der Waals surface area contributed by atoms with Crippen LogP contribution in [0, 0.1) is 6.92 Å². The number of benzene rings is 1. The minimum atomic E-state index is -3.95. The van der Waals surface area contributed by atoms with Crippen molar-refractivity contribution < 1.29 is 17.4 Å². The number of sulfonamides is 1. The zero-order valence-electron chi connectivity index (χ0n) is 11.7. The third kappa shape index (κ3) is 5.06. The third-order valence-electron chi connectivity index (χ3n) is 2.83. The van der Waals surface area contributed by atoms with Crippen LogP contribution in [-0.4, -0.2) is 36.6 Å². The number of carbonyl (C=O) groups excluding carboxylic acids is 1. The largest absolute Gasteiger partial charge is 0.351 e. The van der Waals surface area contributed by atoms with Crippen molar-refractivity contribution >= 4 is 38.3 Å². The van der Waals surface area contributed by atoms with E-state index in [1.54, 1.807) is 13.8 Å². The highest BCUT2D eigenvalue weighted by molar-refractivity contribution is 7.89. The van der Waals surface area contributed by atoms with Gasteiger partial charge in [-0.1, -0.05) is 18.5 Å². The van der Waals surface area contributed by atoms with Gasteiger partial charge < -0.3 is 5.32 Å². The molecule has 0 radical (unpaired) electrons. The summed E-state index contributed by atoms with van der Waals surface area (Å²) >= 11 is 5.93. The van der Waals surface area contributed by atoms with Gasteiger partial charge in [-0.25, -0.2) is 13.6 Å². The number of nitrogens with one attached hydrogen (secondary N) is 1. The maximum absolute atomic E-state index is 12.1. The van der Waals surface area contributed by atoms with Gasteiger partial charge in [0, 0.05) is 39.4 Å². The Labute approximate surface area is 131 Å². The average molecular weight is 353 g/mol. The summed E-state index contributed by atoms with van der Waals surface area (Å²) in [5.41, 5.74) is 0.590. The van der Waals surface area contributed by atoms with Crippen molar-refractivity contribution in [1.29, 1.82) is 0 Å². The fraction of sp³-hybridized carbons (Fsp3) is 0.417. The van der Waals surface area contributed by atoms with Gasteiger partial charge in [-0.2, -0.15) is 0 Å². The summed E-state index contributed by atoms with van der Waals surface area (Å²) in [4.78, 5) is 11.8. The number of amides is 1. The zero-order valence-corrected chi connectivity index (χ0v) is 14.1. The summed E-state index contributed by atoms with van der Waals surface area (Å²) < 4.78 is 34.0. The summed E-state index contributed by atoms with van der Waals surface area (Å²) in [6.45, 7) is 3.63. The molecule has 0 saturated heterocycles. The molecule has 21 heavy (non-hydrogen) atoms. The van der Waals surface area contributed by atoms with Crippen LogP contribution < -0.4 is 10.5 Å². The minimum absolute atomic E-state index is 0.133. The molecule has 0 heterocycles. The van der Waals surface area contributed by atoms with E-state index in [1.807, 2.05) is 0 Å². The first kappa shape index (κ1) is 18.1. The second-order valence-electron chi connectivity index (χ2n) is 4.31. The molecule has 3 N–H and O–H groups in total. The summed E-state index contributed by atoms with van der Waals surface area (Å²) in [6, 6.07) is 2.39. The first-order valence-corrected chi connectivity index (χ1v) is 9.54. The molecule has 0 spiro atoms. The monoisotopic (exact) mass is 352 g/mol. The van der Waals surface area contributed by atoms with Crippen LogP contribution in [0.2, 0.25) is 5.02 Å². The van der Waals surface area contributed by atoms with Crippen molar-refractivity contribution in [3.8, 4) is 0 Å². The quantitative estimate of drug-likeness (QED) is 0.789. The molecule has 1 aromatic rings. The SMILES string of the molecule is CCS(=O)CCNC(=O)c1cc(S(N)(=O)=O)cc(Cl)c1C. The fourth-order valence-electron chi connectivity index (χ4n) is 1.57. The number of hydrogen-bond acceptors (Lipinski definition) is 4. The lowest BCUT2D eigenvalue weighted by Crippen LogP contribution is -2.29. The number of primary sulfonamides is 1. The predicted octanol–water partition coefficient (Wildman–Crippen LogP) is 0.794. The van der Waals surface area contributed by atoms with Gasteiger partial charge in [-0.05, 0) is 24.6 Å². The van der Waals surface area contributed by atoms with Crippen LogP contribution in [0.5, 0.6) is 0 Å². The molecule has 1 aromatic carbocycles. The Balaban J connectivity index is 2.99. The summed E-state index contributed by atoms with van der Waals surface area (Å²) in [5.74, 6) is 0.374. The van der Waals surface area contributed by atoms with Gasteiger partial charge in [0.05, 0.1) is 4.90 Å². The molecule has 0 bridgehead atoms. The highest BCUT2D eigenvalue weighted by Crippen LogP contribution is 2.23. The molecule has 0 saturated carbocycles. The summed E-state index contributed by atoms with van der Waals surface area (Å²) in [6.07, 6.45) is 0. The lowest BCUT2D eigenvalue weighted by molar-refractivity contribution is 0.0955. The second kappa shape index (κ2) is 7.35. The van der Waals surface area contributed by atoms with Crippen molar-refractivity contribution in [2.45, 2.75) is 18.7 Å². The molecular formula is C12H17ClN2O4S2. The van der Waals surface area contributed by atoms with E-state index in [9.17, 15) is 17.4 Å². The lowest BCUT2D eigenvalue weighted by Gasteiger charge is -2.10. The minimum Gasteiger partial charge on any atom is -0.351 e. The van der Waals surface area contributed by atoms with E-state index in [1.165, 1.54) is 12.1 Å². The molecule has 1 unspecified atom stereocenters. The Hall–Kier alpha value is -0.960. The molecule has 0 aliphatic carbocycles. The van der Waals surface area contributed by atoms with Crippen molar-refractivity contribution in [3.63, 3.8) is 0 Å². The molecule has 0 aliphatic heterocycles. The highest BCUT2D eigenvalue weighted by atomic mass is 35.5. The van der Waals surface area contributed by atoms with E-state index < -0.39 is 26.7 Å². The maximum atomic E-state index is 12.1. The van der Waals surface area contributed by atoms with E-state index in [0.29, 0.717) is 17.1 Å². The molecule has 0 fully saturated rings. The van der Waals surface area contributed by atoms with E-state index in [-0.39, 0.29) is 22.0 Å². The average Bonchev–Trinajstić information content (AvgIpc) is 2.39. The Morgan fingerprint density at radius 1 is 1.43 bits per heavy atom. The Bertz CT molecular complexity index is 674. The topological polar surface area (TPSA) is 106 Å². The molecule has 0 aromatic heterocycles. The van der Waals surface area contributed by atoms with Crippen LogP contribution in [0.4, 0.5) is 0 Å². The number of halogens is 1. The smallest absolute Gasteiger partial charge is 0.251 e. The van der Waals surface area contributed by atoms with E-state index in [0.717, 1.165) is 0 Å². The zero-order chi connectivity index (χ0) is 16.2. The molecule has 0 aliphatic rings. The van der Waals surface area contributed by atoms with Gasteiger partial charge in [0.2, 0.25) is 10.0 Å². The second-order valence-corrected chi connectivity index (χ2v) is 8.15. The molecule has 1 amide bonds. The van der Waals surface area contributed by atoms with E-state index >= 15 is 0 Å². The third-order valence-corrected chi connectivity index (χ3v) is 5.42. The van der Waals surface area contributed by atoms with Crippen LogP contribution in [0.1, 0.15) is 22.8 Å². The van der Waals surface area contributed by atoms with Gasteiger partial charge in [-0.3, -0.25) is 9.00 Å². The molecule has 1 rings (SSSR count). The van der Waals surface area contributed by atoms with Gasteiger partial charge in [-0.15, -0.1) is 0 Å². The van der Waals surface area contributed by atoms with Crippen LogP contribution in [0.15, 0.2) is 17.0 Å². The molecule has 6 nitrogen and oxygen atoms in total. The van der Waals surface area contributed by atoms with Crippen LogP contribution in [0.3, 0.4) is 0 Å². The number of rotatable bonds is 6. The van der Waals surface area contributed by atoms with Crippen molar-refractivity contribution in [3.05, 3.63) is 28.3 Å².